The van der Waals surface area contributed by atoms with Gasteiger partial charge in [-0.15, -0.1) is 0 Å². The standard InChI is InChI=1S/C9H12N2O4S/c12-7(11-1-3-15-4-2-11)5-6-8(13)10-9(14)16-6/h6H,1-5H2,(H,10,13,14). The van der Waals surface area contributed by atoms with E-state index in [-0.39, 0.29) is 23.5 Å². The highest BCUT2D eigenvalue weighted by molar-refractivity contribution is 8.15. The summed E-state index contributed by atoms with van der Waals surface area (Å²) in [5.74, 6) is -0.456. The monoisotopic (exact) mass is 244 g/mol. The Hall–Kier alpha value is -1.08. The third-order valence-electron chi connectivity index (χ3n) is 2.49. The second-order valence-electron chi connectivity index (χ2n) is 3.58. The molecule has 0 radical (unpaired) electrons. The Kier molecular flexibility index (Phi) is 3.45. The molecule has 0 aromatic rings. The quantitative estimate of drug-likeness (QED) is 0.714. The van der Waals surface area contributed by atoms with E-state index in [2.05, 4.69) is 5.32 Å². The summed E-state index contributed by atoms with van der Waals surface area (Å²) in [4.78, 5) is 35.6. The summed E-state index contributed by atoms with van der Waals surface area (Å²) in [6.07, 6.45) is 0.0856. The zero-order chi connectivity index (χ0) is 11.5. The minimum absolute atomic E-state index is 0.0856. The number of imide groups is 1. The molecule has 2 saturated heterocycles. The number of nitrogens with one attached hydrogen (secondary N) is 1. The van der Waals surface area contributed by atoms with Crippen molar-refractivity contribution in [3.63, 3.8) is 0 Å². The van der Waals surface area contributed by atoms with Crippen LogP contribution in [0.5, 0.6) is 0 Å². The van der Waals surface area contributed by atoms with Crippen molar-refractivity contribution in [3.05, 3.63) is 0 Å². The molecule has 2 rings (SSSR count). The molecule has 2 heterocycles. The van der Waals surface area contributed by atoms with E-state index in [0.29, 0.717) is 26.3 Å². The van der Waals surface area contributed by atoms with E-state index >= 15 is 0 Å². The van der Waals surface area contributed by atoms with E-state index in [0.717, 1.165) is 11.8 Å². The fourth-order valence-electron chi connectivity index (χ4n) is 1.63. The van der Waals surface area contributed by atoms with Crippen molar-refractivity contribution in [2.24, 2.45) is 0 Å². The highest BCUT2D eigenvalue weighted by Gasteiger charge is 2.34. The smallest absolute Gasteiger partial charge is 0.286 e. The zero-order valence-electron chi connectivity index (χ0n) is 8.60. The average molecular weight is 244 g/mol. The zero-order valence-corrected chi connectivity index (χ0v) is 9.42. The van der Waals surface area contributed by atoms with Crippen molar-refractivity contribution in [1.29, 1.82) is 0 Å². The lowest BCUT2D eigenvalue weighted by Crippen LogP contribution is -2.42. The predicted molar refractivity (Wildman–Crippen MR) is 56.9 cm³/mol. The lowest BCUT2D eigenvalue weighted by Gasteiger charge is -2.27. The molecule has 88 valence electrons. The van der Waals surface area contributed by atoms with Gasteiger partial charge in [0.2, 0.25) is 11.8 Å². The van der Waals surface area contributed by atoms with Crippen molar-refractivity contribution in [1.82, 2.24) is 10.2 Å². The van der Waals surface area contributed by atoms with Crippen LogP contribution in [0.1, 0.15) is 6.42 Å². The number of hydrogen-bond acceptors (Lipinski definition) is 5. The number of rotatable bonds is 2. The van der Waals surface area contributed by atoms with Crippen molar-refractivity contribution < 1.29 is 19.1 Å². The van der Waals surface area contributed by atoms with E-state index in [9.17, 15) is 14.4 Å². The van der Waals surface area contributed by atoms with Crippen molar-refractivity contribution >= 4 is 28.8 Å². The van der Waals surface area contributed by atoms with Crippen LogP contribution in [-0.4, -0.2) is 53.5 Å². The lowest BCUT2D eigenvalue weighted by atomic mass is 10.2. The minimum Gasteiger partial charge on any atom is -0.378 e. The lowest BCUT2D eigenvalue weighted by molar-refractivity contribution is -0.136. The molecule has 2 fully saturated rings. The fraction of sp³-hybridized carbons (Fsp3) is 0.667. The highest BCUT2D eigenvalue weighted by Crippen LogP contribution is 2.22. The molecule has 2 aliphatic rings. The number of amides is 3. The first-order valence-corrected chi connectivity index (χ1v) is 5.92. The van der Waals surface area contributed by atoms with E-state index in [1.807, 2.05) is 0 Å². The molecule has 0 aliphatic carbocycles. The maximum absolute atomic E-state index is 11.8. The number of carbonyl (C=O) groups excluding carboxylic acids is 3. The Morgan fingerprint density at radius 2 is 2.12 bits per heavy atom. The Morgan fingerprint density at radius 3 is 2.69 bits per heavy atom. The van der Waals surface area contributed by atoms with E-state index in [1.54, 1.807) is 4.90 Å². The number of carbonyl (C=O) groups is 3. The van der Waals surface area contributed by atoms with Gasteiger partial charge in [-0.25, -0.2) is 0 Å². The van der Waals surface area contributed by atoms with Gasteiger partial charge in [0, 0.05) is 19.5 Å². The predicted octanol–water partition coefficient (Wildman–Crippen LogP) is -0.413. The molecule has 6 nitrogen and oxygen atoms in total. The molecule has 3 amide bonds. The van der Waals surface area contributed by atoms with Crippen molar-refractivity contribution in [2.45, 2.75) is 11.7 Å². The number of nitrogens with zero attached hydrogens (tertiary/aromatic N) is 1. The van der Waals surface area contributed by atoms with Gasteiger partial charge in [-0.1, -0.05) is 11.8 Å². The molecule has 1 unspecified atom stereocenters. The van der Waals surface area contributed by atoms with E-state index < -0.39 is 5.25 Å². The Balaban J connectivity index is 1.86. The third kappa shape index (κ3) is 2.53. The van der Waals surface area contributed by atoms with Crippen LogP contribution in [0.15, 0.2) is 0 Å². The summed E-state index contributed by atoms with van der Waals surface area (Å²) in [5, 5.41) is 1.23. The maximum atomic E-state index is 11.8. The average Bonchev–Trinajstić information content (AvgIpc) is 2.59. The van der Waals surface area contributed by atoms with Gasteiger partial charge in [0.15, 0.2) is 0 Å². The first-order chi connectivity index (χ1) is 7.66. The number of morpholine rings is 1. The normalized spacial score (nSPS) is 25.8. The van der Waals surface area contributed by atoms with Gasteiger partial charge < -0.3 is 9.64 Å². The van der Waals surface area contributed by atoms with Gasteiger partial charge in [0.05, 0.1) is 13.2 Å². The molecular formula is C9H12N2O4S. The molecule has 1 atom stereocenters. The molecule has 2 aliphatic heterocycles. The SMILES string of the molecule is O=C1NC(=O)C(CC(=O)N2CCOCC2)S1. The fourth-order valence-corrected chi connectivity index (χ4v) is 2.44. The first-order valence-electron chi connectivity index (χ1n) is 5.04. The number of thioether (sulfide) groups is 1. The summed E-state index contributed by atoms with van der Waals surface area (Å²) in [7, 11) is 0. The molecule has 0 saturated carbocycles. The van der Waals surface area contributed by atoms with Crippen LogP contribution in [-0.2, 0) is 14.3 Å². The van der Waals surface area contributed by atoms with Crippen LogP contribution < -0.4 is 5.32 Å². The van der Waals surface area contributed by atoms with Gasteiger partial charge in [0.1, 0.15) is 5.25 Å². The van der Waals surface area contributed by atoms with Crippen LogP contribution in [0, 0.1) is 0 Å². The van der Waals surface area contributed by atoms with Crippen LogP contribution in [0.3, 0.4) is 0 Å². The molecule has 1 N–H and O–H groups in total. The van der Waals surface area contributed by atoms with Gasteiger partial charge >= 0.3 is 0 Å². The van der Waals surface area contributed by atoms with Crippen LogP contribution in [0.2, 0.25) is 0 Å². The second-order valence-corrected chi connectivity index (χ2v) is 4.76. The largest absolute Gasteiger partial charge is 0.378 e. The summed E-state index contributed by atoms with van der Waals surface area (Å²) in [5.41, 5.74) is 0. The van der Waals surface area contributed by atoms with Crippen LogP contribution in [0.4, 0.5) is 4.79 Å². The van der Waals surface area contributed by atoms with Gasteiger partial charge in [-0.05, 0) is 0 Å². The van der Waals surface area contributed by atoms with Crippen LogP contribution in [0.25, 0.3) is 0 Å². The molecule has 0 aromatic heterocycles. The first kappa shape index (κ1) is 11.4. The molecule has 0 bridgehead atoms. The molecule has 7 heteroatoms. The summed E-state index contributed by atoms with van der Waals surface area (Å²) >= 11 is 0.888. The molecule has 16 heavy (non-hydrogen) atoms. The van der Waals surface area contributed by atoms with E-state index in [1.165, 1.54) is 0 Å². The second kappa shape index (κ2) is 4.84. The molecule has 0 spiro atoms. The minimum atomic E-state index is -0.567. The topological polar surface area (TPSA) is 75.7 Å². The Morgan fingerprint density at radius 1 is 1.44 bits per heavy atom. The highest BCUT2D eigenvalue weighted by atomic mass is 32.2. The summed E-state index contributed by atoms with van der Waals surface area (Å²) < 4.78 is 5.13. The Labute approximate surface area is 96.7 Å². The van der Waals surface area contributed by atoms with Crippen molar-refractivity contribution in [3.8, 4) is 0 Å². The van der Waals surface area contributed by atoms with Crippen molar-refractivity contribution in [2.75, 3.05) is 26.3 Å². The molecular weight excluding hydrogens is 232 g/mol. The van der Waals surface area contributed by atoms with Gasteiger partial charge in [-0.3, -0.25) is 19.7 Å². The van der Waals surface area contributed by atoms with Crippen LogP contribution >= 0.6 is 11.8 Å². The van der Waals surface area contributed by atoms with E-state index in [4.69, 9.17) is 4.74 Å². The number of ether oxygens (including phenoxy) is 1. The van der Waals surface area contributed by atoms with Gasteiger partial charge in [-0.2, -0.15) is 0 Å². The summed E-state index contributed by atoms with van der Waals surface area (Å²) in [6, 6.07) is 0. The van der Waals surface area contributed by atoms with Gasteiger partial charge in [0.25, 0.3) is 5.24 Å². The Bertz CT molecular complexity index is 327. The maximum Gasteiger partial charge on any atom is 0.286 e. The molecule has 0 aromatic carbocycles. The third-order valence-corrected chi connectivity index (χ3v) is 3.47. The summed E-state index contributed by atoms with van der Waals surface area (Å²) in [6.45, 7) is 2.20. The number of hydrogen-bond donors (Lipinski definition) is 1.